The Balaban J connectivity index is 0.000000561. The Morgan fingerprint density at radius 2 is 1.92 bits per heavy atom. The van der Waals surface area contributed by atoms with E-state index in [-0.39, 0.29) is 0 Å². The molecule has 1 unspecified atom stereocenters. The minimum Gasteiger partial charge on any atom is -0.490 e. The van der Waals surface area contributed by atoms with Gasteiger partial charge in [-0.3, -0.25) is 0 Å². The van der Waals surface area contributed by atoms with E-state index in [9.17, 15) is 0 Å². The van der Waals surface area contributed by atoms with Gasteiger partial charge in [0.15, 0.2) is 0 Å². The molecule has 0 bridgehead atoms. The Bertz CT molecular complexity index is 169. The van der Waals surface area contributed by atoms with Crippen LogP contribution in [0.25, 0.3) is 0 Å². The van der Waals surface area contributed by atoms with Gasteiger partial charge in [-0.15, -0.1) is 0 Å². The first kappa shape index (κ1) is 11.0. The van der Waals surface area contributed by atoms with Gasteiger partial charge in [0.05, 0.1) is 0 Å². The molecule has 0 spiro atoms. The zero-order valence-electron chi connectivity index (χ0n) is 8.26. The maximum absolute atomic E-state index is 5.40. The molecule has 0 saturated carbocycles. The molecule has 0 saturated heterocycles. The molecule has 1 rings (SSSR count). The summed E-state index contributed by atoms with van der Waals surface area (Å²) in [5, 5.41) is 0. The molecule has 1 heteroatoms. The molecule has 1 nitrogen and oxygen atoms in total. The van der Waals surface area contributed by atoms with Gasteiger partial charge in [-0.2, -0.15) is 0 Å². The Morgan fingerprint density at radius 3 is 2.25 bits per heavy atom. The molecule has 0 aliphatic carbocycles. The van der Waals surface area contributed by atoms with Gasteiger partial charge in [0.25, 0.3) is 0 Å². The van der Waals surface area contributed by atoms with Crippen LogP contribution in [0.2, 0.25) is 0 Å². The number of hydrogen-bond donors (Lipinski definition) is 0. The van der Waals surface area contributed by atoms with Crippen molar-refractivity contribution in [3.8, 4) is 0 Å². The van der Waals surface area contributed by atoms with Crippen LogP contribution in [0.3, 0.4) is 0 Å². The number of ether oxygens (including phenoxy) is 1. The van der Waals surface area contributed by atoms with Crippen molar-refractivity contribution in [3.63, 3.8) is 0 Å². The van der Waals surface area contributed by atoms with E-state index in [0.717, 1.165) is 12.2 Å². The molecule has 68 valence electrons. The van der Waals surface area contributed by atoms with Crippen LogP contribution in [0.15, 0.2) is 36.6 Å². The third-order valence-corrected chi connectivity index (χ3v) is 1.58. The standard InChI is InChI=1S/C9H12O.C2H6/c1-4-8-6-7(3)10-9(8)5-2;1-2/h4-5,7H,1-2,6H2,3H3;1-2H3. The molecule has 0 amide bonds. The monoisotopic (exact) mass is 166 g/mol. The van der Waals surface area contributed by atoms with Crippen molar-refractivity contribution in [1.82, 2.24) is 0 Å². The molecule has 1 aliphatic heterocycles. The summed E-state index contributed by atoms with van der Waals surface area (Å²) >= 11 is 0. The molecule has 0 fully saturated rings. The Hall–Kier alpha value is -0.980. The zero-order valence-corrected chi connectivity index (χ0v) is 8.26. The SMILES string of the molecule is C=CC1=C(C=C)OC(C)C1.CC. The Morgan fingerprint density at radius 1 is 1.33 bits per heavy atom. The van der Waals surface area contributed by atoms with Crippen LogP contribution in [0.4, 0.5) is 0 Å². The fourth-order valence-electron chi connectivity index (χ4n) is 1.11. The maximum atomic E-state index is 5.40. The van der Waals surface area contributed by atoms with Crippen molar-refractivity contribution in [2.24, 2.45) is 0 Å². The van der Waals surface area contributed by atoms with E-state index in [2.05, 4.69) is 13.2 Å². The molecule has 0 aromatic rings. The highest BCUT2D eigenvalue weighted by atomic mass is 16.5. The van der Waals surface area contributed by atoms with Gasteiger partial charge >= 0.3 is 0 Å². The van der Waals surface area contributed by atoms with Crippen LogP contribution in [-0.2, 0) is 4.74 Å². The lowest BCUT2D eigenvalue weighted by atomic mass is 10.1. The second kappa shape index (κ2) is 5.64. The molecular weight excluding hydrogens is 148 g/mol. The molecular formula is C11H18O. The van der Waals surface area contributed by atoms with Gasteiger partial charge in [-0.25, -0.2) is 0 Å². The van der Waals surface area contributed by atoms with Gasteiger partial charge in [-0.1, -0.05) is 33.1 Å². The van der Waals surface area contributed by atoms with Crippen LogP contribution < -0.4 is 0 Å². The quantitative estimate of drug-likeness (QED) is 0.610. The van der Waals surface area contributed by atoms with E-state index in [0.29, 0.717) is 6.10 Å². The molecule has 0 aromatic heterocycles. The fourth-order valence-corrected chi connectivity index (χ4v) is 1.11. The summed E-state index contributed by atoms with van der Waals surface area (Å²) in [5.74, 6) is 0.891. The third-order valence-electron chi connectivity index (χ3n) is 1.58. The van der Waals surface area contributed by atoms with Crippen LogP contribution in [0, 0.1) is 0 Å². The highest BCUT2D eigenvalue weighted by molar-refractivity contribution is 5.30. The second-order valence-corrected chi connectivity index (χ2v) is 2.43. The average Bonchev–Trinajstić information content (AvgIpc) is 2.49. The van der Waals surface area contributed by atoms with E-state index in [4.69, 9.17) is 4.74 Å². The lowest BCUT2D eigenvalue weighted by Crippen LogP contribution is -1.96. The summed E-state index contributed by atoms with van der Waals surface area (Å²) in [7, 11) is 0. The van der Waals surface area contributed by atoms with Gasteiger partial charge in [0.1, 0.15) is 11.9 Å². The minimum atomic E-state index is 0.293. The van der Waals surface area contributed by atoms with E-state index in [1.54, 1.807) is 6.08 Å². The summed E-state index contributed by atoms with van der Waals surface area (Å²) < 4.78 is 5.40. The Kier molecular flexibility index (Phi) is 5.18. The highest BCUT2D eigenvalue weighted by Crippen LogP contribution is 2.25. The summed E-state index contributed by atoms with van der Waals surface area (Å²) in [6, 6.07) is 0. The molecule has 0 radical (unpaired) electrons. The molecule has 1 atom stereocenters. The second-order valence-electron chi connectivity index (χ2n) is 2.43. The van der Waals surface area contributed by atoms with Crippen molar-refractivity contribution in [1.29, 1.82) is 0 Å². The molecule has 0 aromatic carbocycles. The van der Waals surface area contributed by atoms with E-state index in [1.807, 2.05) is 26.8 Å². The average molecular weight is 166 g/mol. The van der Waals surface area contributed by atoms with Crippen molar-refractivity contribution in [3.05, 3.63) is 36.6 Å². The minimum absolute atomic E-state index is 0.293. The summed E-state index contributed by atoms with van der Waals surface area (Å²) in [6.07, 6.45) is 4.83. The third kappa shape index (κ3) is 2.57. The molecule has 1 aliphatic rings. The predicted octanol–water partition coefficient (Wildman–Crippen LogP) is 3.45. The first-order valence-corrected chi connectivity index (χ1v) is 4.42. The van der Waals surface area contributed by atoms with Gasteiger partial charge in [0, 0.05) is 6.42 Å². The van der Waals surface area contributed by atoms with E-state index in [1.165, 1.54) is 5.57 Å². The predicted molar refractivity (Wildman–Crippen MR) is 53.9 cm³/mol. The lowest BCUT2D eigenvalue weighted by Gasteiger charge is -2.02. The van der Waals surface area contributed by atoms with Crippen LogP contribution in [0.5, 0.6) is 0 Å². The smallest absolute Gasteiger partial charge is 0.122 e. The Labute approximate surface area is 75.4 Å². The zero-order chi connectivity index (χ0) is 9.56. The van der Waals surface area contributed by atoms with E-state index >= 15 is 0 Å². The van der Waals surface area contributed by atoms with Crippen LogP contribution in [0.1, 0.15) is 27.2 Å². The van der Waals surface area contributed by atoms with Gasteiger partial charge in [-0.05, 0) is 18.6 Å². The number of hydrogen-bond acceptors (Lipinski definition) is 1. The van der Waals surface area contributed by atoms with Gasteiger partial charge in [0.2, 0.25) is 0 Å². The molecule has 12 heavy (non-hydrogen) atoms. The van der Waals surface area contributed by atoms with Crippen molar-refractivity contribution in [2.75, 3.05) is 0 Å². The summed E-state index contributed by atoms with van der Waals surface area (Å²) in [5.41, 5.74) is 1.17. The first-order chi connectivity index (χ1) is 5.77. The maximum Gasteiger partial charge on any atom is 0.122 e. The molecule has 0 N–H and O–H groups in total. The number of allylic oxidation sites excluding steroid dienone is 2. The van der Waals surface area contributed by atoms with Crippen LogP contribution >= 0.6 is 0 Å². The summed E-state index contributed by atoms with van der Waals surface area (Å²) in [6.45, 7) is 13.4. The van der Waals surface area contributed by atoms with Crippen molar-refractivity contribution < 1.29 is 4.74 Å². The first-order valence-electron chi connectivity index (χ1n) is 4.42. The largest absolute Gasteiger partial charge is 0.490 e. The van der Waals surface area contributed by atoms with Crippen LogP contribution in [-0.4, -0.2) is 6.10 Å². The molecule has 1 heterocycles. The van der Waals surface area contributed by atoms with E-state index < -0.39 is 0 Å². The fraction of sp³-hybridized carbons (Fsp3) is 0.455. The topological polar surface area (TPSA) is 9.23 Å². The highest BCUT2D eigenvalue weighted by Gasteiger charge is 2.16. The van der Waals surface area contributed by atoms with Gasteiger partial charge < -0.3 is 4.74 Å². The normalized spacial score (nSPS) is 20.8. The summed E-state index contributed by atoms with van der Waals surface area (Å²) in [4.78, 5) is 0. The van der Waals surface area contributed by atoms with Crippen molar-refractivity contribution >= 4 is 0 Å². The number of rotatable bonds is 2. The lowest BCUT2D eigenvalue weighted by molar-refractivity contribution is 0.170. The van der Waals surface area contributed by atoms with Crippen molar-refractivity contribution in [2.45, 2.75) is 33.3 Å².